The highest BCUT2D eigenvalue weighted by Crippen LogP contribution is 2.39. The van der Waals surface area contributed by atoms with Crippen molar-refractivity contribution in [2.24, 2.45) is 0 Å². The zero-order valence-electron chi connectivity index (χ0n) is 13.1. The van der Waals surface area contributed by atoms with E-state index in [0.29, 0.717) is 6.42 Å². The Bertz CT molecular complexity index is 426. The molecule has 0 bridgehead atoms. The molecule has 0 radical (unpaired) electrons. The summed E-state index contributed by atoms with van der Waals surface area (Å²) in [5.74, 6) is -0.204. The lowest BCUT2D eigenvalue weighted by Gasteiger charge is -2.40. The minimum Gasteiger partial charge on any atom is -0.459 e. The van der Waals surface area contributed by atoms with Crippen LogP contribution in [0.25, 0.3) is 0 Å². The Morgan fingerprint density at radius 1 is 1.19 bits per heavy atom. The van der Waals surface area contributed by atoms with Gasteiger partial charge in [-0.05, 0) is 26.7 Å². The molecule has 2 aliphatic heterocycles. The first-order valence-corrected chi connectivity index (χ1v) is 7.91. The number of ether oxygens (including phenoxy) is 2. The number of aliphatic hydroxyl groups is 2. The molecule has 1 unspecified atom stereocenters. The van der Waals surface area contributed by atoms with Gasteiger partial charge in [-0.25, -0.2) is 0 Å². The zero-order valence-corrected chi connectivity index (χ0v) is 13.1. The molecule has 2 aliphatic rings. The van der Waals surface area contributed by atoms with Crippen molar-refractivity contribution < 1.29 is 24.5 Å². The van der Waals surface area contributed by atoms with Crippen molar-refractivity contribution in [3.05, 3.63) is 11.5 Å². The molecule has 21 heavy (non-hydrogen) atoms. The lowest BCUT2D eigenvalue weighted by Crippen LogP contribution is -2.55. The molecule has 120 valence electrons. The Kier molecular flexibility index (Phi) is 4.94. The monoisotopic (exact) mass is 298 g/mol. The average molecular weight is 298 g/mol. The maximum Gasteiger partial charge on any atom is 0.290 e. The predicted molar refractivity (Wildman–Crippen MR) is 77.5 cm³/mol. The van der Waals surface area contributed by atoms with Gasteiger partial charge in [0.25, 0.3) is 5.95 Å². The SMILES string of the molecule is CCCCCCCC1OC2=C(C(=O)[C@@H](C)O2)[C@@H](O)[C@]1(C)O. The van der Waals surface area contributed by atoms with Crippen LogP contribution in [0.5, 0.6) is 0 Å². The van der Waals surface area contributed by atoms with E-state index in [1.807, 2.05) is 0 Å². The fraction of sp³-hybridized carbons (Fsp3) is 0.812. The average Bonchev–Trinajstić information content (AvgIpc) is 2.70. The molecule has 0 aromatic carbocycles. The van der Waals surface area contributed by atoms with Gasteiger partial charge in [-0.3, -0.25) is 4.79 Å². The zero-order chi connectivity index (χ0) is 15.6. The highest BCUT2D eigenvalue weighted by Gasteiger charge is 2.53. The summed E-state index contributed by atoms with van der Waals surface area (Å²) in [6, 6.07) is 0. The second kappa shape index (κ2) is 6.36. The van der Waals surface area contributed by atoms with Crippen LogP contribution in [0.1, 0.15) is 59.3 Å². The predicted octanol–water partition coefficient (Wildman–Crippen LogP) is 2.06. The molecule has 2 heterocycles. The van der Waals surface area contributed by atoms with Gasteiger partial charge in [0.2, 0.25) is 5.78 Å². The first kappa shape index (κ1) is 16.3. The van der Waals surface area contributed by atoms with E-state index < -0.39 is 23.9 Å². The lowest BCUT2D eigenvalue weighted by atomic mass is 9.82. The van der Waals surface area contributed by atoms with Crippen LogP contribution in [0.15, 0.2) is 11.5 Å². The molecule has 0 aromatic heterocycles. The van der Waals surface area contributed by atoms with E-state index in [-0.39, 0.29) is 17.3 Å². The lowest BCUT2D eigenvalue weighted by molar-refractivity contribution is -0.170. The molecule has 5 nitrogen and oxygen atoms in total. The molecule has 0 saturated heterocycles. The summed E-state index contributed by atoms with van der Waals surface area (Å²) in [6.07, 6.45) is 3.72. The maximum absolute atomic E-state index is 11.9. The van der Waals surface area contributed by atoms with E-state index in [1.54, 1.807) is 6.92 Å². The Morgan fingerprint density at radius 2 is 1.86 bits per heavy atom. The van der Waals surface area contributed by atoms with Crippen molar-refractivity contribution in [1.82, 2.24) is 0 Å². The number of carbonyl (C=O) groups is 1. The molecule has 0 fully saturated rings. The minimum atomic E-state index is -1.47. The summed E-state index contributed by atoms with van der Waals surface area (Å²) in [6.45, 7) is 5.30. The van der Waals surface area contributed by atoms with Crippen LogP contribution >= 0.6 is 0 Å². The molecule has 0 saturated carbocycles. The molecular formula is C16H26O5. The molecule has 0 aromatic rings. The van der Waals surface area contributed by atoms with Crippen LogP contribution in [0.4, 0.5) is 0 Å². The van der Waals surface area contributed by atoms with E-state index >= 15 is 0 Å². The standard InChI is InChI=1S/C16H26O5/c1-4-5-6-7-8-9-11-16(3,19)14(18)12-13(17)10(2)20-15(12)21-11/h10-11,14,18-19H,4-9H2,1-3H3/t10-,11?,14-,16-/m1/s1. The summed E-state index contributed by atoms with van der Waals surface area (Å²) in [4.78, 5) is 11.9. The van der Waals surface area contributed by atoms with Crippen molar-refractivity contribution in [2.75, 3.05) is 0 Å². The van der Waals surface area contributed by atoms with Crippen LogP contribution < -0.4 is 0 Å². The quantitative estimate of drug-likeness (QED) is 0.734. The molecule has 2 rings (SSSR count). The van der Waals surface area contributed by atoms with Crippen molar-refractivity contribution in [1.29, 1.82) is 0 Å². The number of carbonyl (C=O) groups excluding carboxylic acids is 1. The number of hydrogen-bond acceptors (Lipinski definition) is 5. The number of aliphatic hydroxyl groups excluding tert-OH is 1. The van der Waals surface area contributed by atoms with Gasteiger partial charge in [-0.15, -0.1) is 0 Å². The number of rotatable bonds is 6. The second-order valence-corrected chi connectivity index (χ2v) is 6.26. The molecule has 0 spiro atoms. The molecule has 2 N–H and O–H groups in total. The number of hydrogen-bond donors (Lipinski definition) is 2. The smallest absolute Gasteiger partial charge is 0.290 e. The molecule has 0 amide bonds. The number of ketones is 1. The largest absolute Gasteiger partial charge is 0.459 e. The Morgan fingerprint density at radius 3 is 2.52 bits per heavy atom. The maximum atomic E-state index is 11.9. The normalized spacial score (nSPS) is 35.5. The number of unbranched alkanes of at least 4 members (excludes halogenated alkanes) is 4. The van der Waals surface area contributed by atoms with Gasteiger partial charge in [-0.1, -0.05) is 32.6 Å². The fourth-order valence-electron chi connectivity index (χ4n) is 2.94. The number of Topliss-reactive ketones (excluding diaryl/α,β-unsaturated/α-hetero) is 1. The van der Waals surface area contributed by atoms with E-state index in [1.165, 1.54) is 19.8 Å². The van der Waals surface area contributed by atoms with Gasteiger partial charge in [0, 0.05) is 0 Å². The summed E-state index contributed by atoms with van der Waals surface area (Å²) in [7, 11) is 0. The third kappa shape index (κ3) is 3.09. The third-order valence-electron chi connectivity index (χ3n) is 4.44. The van der Waals surface area contributed by atoms with Gasteiger partial charge in [-0.2, -0.15) is 0 Å². The van der Waals surface area contributed by atoms with Crippen molar-refractivity contribution in [3.8, 4) is 0 Å². The van der Waals surface area contributed by atoms with Crippen LogP contribution in [0.3, 0.4) is 0 Å². The second-order valence-electron chi connectivity index (χ2n) is 6.26. The minimum absolute atomic E-state index is 0.0785. The van der Waals surface area contributed by atoms with E-state index in [4.69, 9.17) is 9.47 Å². The summed E-state index contributed by atoms with van der Waals surface area (Å²) >= 11 is 0. The molecule has 5 heteroatoms. The van der Waals surface area contributed by atoms with Gasteiger partial charge in [0.05, 0.1) is 0 Å². The molecular weight excluding hydrogens is 272 g/mol. The van der Waals surface area contributed by atoms with E-state index in [0.717, 1.165) is 19.3 Å². The van der Waals surface area contributed by atoms with E-state index in [9.17, 15) is 15.0 Å². The van der Waals surface area contributed by atoms with E-state index in [2.05, 4.69) is 6.92 Å². The van der Waals surface area contributed by atoms with Crippen molar-refractivity contribution >= 4 is 5.78 Å². The van der Waals surface area contributed by atoms with Crippen LogP contribution in [0.2, 0.25) is 0 Å². The van der Waals surface area contributed by atoms with Crippen molar-refractivity contribution in [2.45, 2.75) is 83.2 Å². The molecule has 4 atom stereocenters. The topological polar surface area (TPSA) is 76.0 Å². The van der Waals surface area contributed by atoms with Gasteiger partial charge >= 0.3 is 0 Å². The highest BCUT2D eigenvalue weighted by molar-refractivity contribution is 6.01. The fourth-order valence-corrected chi connectivity index (χ4v) is 2.94. The van der Waals surface area contributed by atoms with Gasteiger partial charge < -0.3 is 19.7 Å². The van der Waals surface area contributed by atoms with Crippen molar-refractivity contribution in [3.63, 3.8) is 0 Å². The first-order valence-electron chi connectivity index (χ1n) is 7.91. The van der Waals surface area contributed by atoms with Crippen LogP contribution in [0, 0.1) is 0 Å². The summed E-state index contributed by atoms with van der Waals surface area (Å²) in [5.41, 5.74) is -1.39. The van der Waals surface area contributed by atoms with Gasteiger partial charge in [0.15, 0.2) is 6.10 Å². The highest BCUT2D eigenvalue weighted by atomic mass is 16.7. The summed E-state index contributed by atoms with van der Waals surface area (Å²) < 4.78 is 11.0. The third-order valence-corrected chi connectivity index (χ3v) is 4.44. The Labute approximate surface area is 125 Å². The summed E-state index contributed by atoms with van der Waals surface area (Å²) in [5, 5.41) is 20.9. The van der Waals surface area contributed by atoms with Crippen LogP contribution in [-0.2, 0) is 14.3 Å². The Balaban J connectivity index is 2.01. The van der Waals surface area contributed by atoms with Crippen LogP contribution in [-0.4, -0.2) is 39.9 Å². The Hall–Kier alpha value is -1.07. The molecule has 0 aliphatic carbocycles. The first-order chi connectivity index (χ1) is 9.89. The van der Waals surface area contributed by atoms with Gasteiger partial charge in [0.1, 0.15) is 23.4 Å².